The van der Waals surface area contributed by atoms with Crippen LogP contribution >= 0.6 is 11.3 Å². The fourth-order valence-electron chi connectivity index (χ4n) is 1.39. The van der Waals surface area contributed by atoms with E-state index in [0.29, 0.717) is 10.9 Å². The first kappa shape index (κ1) is 15.1. The largest absolute Gasteiger partial charge is 0.433 e. The number of nitrogens with one attached hydrogen (secondary N) is 1. The molecule has 110 valence electrons. The number of hydrogen-bond donors (Lipinski definition) is 1. The second kappa shape index (κ2) is 5.60. The molecular formula is C12H8F3N3O2S. The van der Waals surface area contributed by atoms with Gasteiger partial charge >= 0.3 is 6.18 Å². The highest BCUT2D eigenvalue weighted by Crippen LogP contribution is 2.27. The Balaban J connectivity index is 2.17. The molecule has 2 rings (SSSR count). The third kappa shape index (κ3) is 3.63. The van der Waals surface area contributed by atoms with Gasteiger partial charge in [-0.1, -0.05) is 0 Å². The highest BCUT2D eigenvalue weighted by molar-refractivity contribution is 7.16. The zero-order chi connectivity index (χ0) is 15.6. The lowest BCUT2D eigenvalue weighted by molar-refractivity contribution is -0.141. The van der Waals surface area contributed by atoms with Gasteiger partial charge in [-0.15, -0.1) is 11.3 Å². The molecule has 0 radical (unpaired) electrons. The number of aromatic nitrogens is 2. The summed E-state index contributed by atoms with van der Waals surface area (Å²) in [6.45, 7) is 1.35. The van der Waals surface area contributed by atoms with E-state index in [0.717, 1.165) is 17.5 Å². The molecule has 0 aromatic carbocycles. The number of nitrogens with zero attached hydrogens (tertiary/aromatic N) is 2. The number of halogens is 3. The maximum absolute atomic E-state index is 12.5. The lowest BCUT2D eigenvalue weighted by atomic mass is 10.3. The number of thiophene rings is 1. The molecule has 2 aromatic heterocycles. The van der Waals surface area contributed by atoms with E-state index in [2.05, 4.69) is 15.3 Å². The van der Waals surface area contributed by atoms with Crippen LogP contribution in [-0.2, 0) is 6.18 Å². The van der Waals surface area contributed by atoms with E-state index in [1.165, 1.54) is 19.1 Å². The lowest BCUT2D eigenvalue weighted by Crippen LogP contribution is -2.15. The van der Waals surface area contributed by atoms with Crippen molar-refractivity contribution in [3.8, 4) is 0 Å². The van der Waals surface area contributed by atoms with Gasteiger partial charge in [-0.2, -0.15) is 13.2 Å². The number of rotatable bonds is 3. The van der Waals surface area contributed by atoms with Crippen molar-refractivity contribution in [3.63, 3.8) is 0 Å². The van der Waals surface area contributed by atoms with Crippen molar-refractivity contribution < 1.29 is 22.8 Å². The Morgan fingerprint density at radius 3 is 2.43 bits per heavy atom. The number of ketones is 1. The van der Waals surface area contributed by atoms with Gasteiger partial charge in [-0.05, 0) is 25.1 Å². The zero-order valence-electron chi connectivity index (χ0n) is 10.6. The fourth-order valence-corrected chi connectivity index (χ4v) is 2.19. The molecule has 0 aliphatic rings. The third-order valence-electron chi connectivity index (χ3n) is 2.35. The van der Waals surface area contributed by atoms with Crippen LogP contribution in [0.3, 0.4) is 0 Å². The van der Waals surface area contributed by atoms with Crippen LogP contribution in [0.25, 0.3) is 0 Å². The Morgan fingerprint density at radius 1 is 1.19 bits per heavy atom. The van der Waals surface area contributed by atoms with Crippen LogP contribution in [0.15, 0.2) is 24.4 Å². The summed E-state index contributed by atoms with van der Waals surface area (Å²) < 4.78 is 37.4. The summed E-state index contributed by atoms with van der Waals surface area (Å²) >= 11 is 0.939. The molecule has 0 spiro atoms. The molecule has 0 saturated carbocycles. The molecule has 2 heterocycles. The van der Waals surface area contributed by atoms with Gasteiger partial charge in [-0.25, -0.2) is 9.97 Å². The average molecular weight is 315 g/mol. The number of hydrogen-bond acceptors (Lipinski definition) is 5. The number of carbonyl (C=O) groups excluding carboxylic acids is 2. The molecule has 9 heteroatoms. The van der Waals surface area contributed by atoms with Gasteiger partial charge in [0.1, 0.15) is 5.69 Å². The van der Waals surface area contributed by atoms with E-state index in [1.54, 1.807) is 0 Å². The summed E-state index contributed by atoms with van der Waals surface area (Å²) in [5.41, 5.74) is -1.15. The van der Waals surface area contributed by atoms with E-state index in [1.807, 2.05) is 0 Å². The predicted octanol–water partition coefficient (Wildman–Crippen LogP) is 3.01. The Labute approximate surface area is 120 Å². The molecular weight excluding hydrogens is 307 g/mol. The minimum Gasteiger partial charge on any atom is -0.294 e. The number of alkyl halides is 3. The number of anilines is 1. The van der Waals surface area contributed by atoms with Gasteiger partial charge in [-0.3, -0.25) is 14.9 Å². The molecule has 5 nitrogen and oxygen atoms in total. The second-order valence-electron chi connectivity index (χ2n) is 3.94. The first-order valence-electron chi connectivity index (χ1n) is 5.60. The summed E-state index contributed by atoms with van der Waals surface area (Å²) in [6, 6.07) is 3.58. The molecule has 0 aliphatic carbocycles. The summed E-state index contributed by atoms with van der Waals surface area (Å²) in [5, 5.41) is 2.16. The van der Waals surface area contributed by atoms with E-state index in [4.69, 9.17) is 0 Å². The van der Waals surface area contributed by atoms with E-state index in [-0.39, 0.29) is 10.7 Å². The highest BCUT2D eigenvalue weighted by atomic mass is 32.1. The topological polar surface area (TPSA) is 72.0 Å². The number of Topliss-reactive ketones (excluding diaryl/α,β-unsaturated/α-hetero) is 1. The van der Waals surface area contributed by atoms with Gasteiger partial charge in [0.05, 0.1) is 9.75 Å². The molecule has 0 bridgehead atoms. The van der Waals surface area contributed by atoms with Crippen LogP contribution in [0.4, 0.5) is 19.1 Å². The Kier molecular flexibility index (Phi) is 4.03. The minimum atomic E-state index is -4.62. The van der Waals surface area contributed by atoms with E-state index in [9.17, 15) is 22.8 Å². The zero-order valence-corrected chi connectivity index (χ0v) is 11.4. The van der Waals surface area contributed by atoms with Crippen LogP contribution in [0.5, 0.6) is 0 Å². The third-order valence-corrected chi connectivity index (χ3v) is 3.53. The molecule has 1 N–H and O–H groups in total. The number of amides is 1. The number of carbonyl (C=O) groups is 2. The van der Waals surface area contributed by atoms with E-state index < -0.39 is 23.7 Å². The van der Waals surface area contributed by atoms with Gasteiger partial charge in [0.15, 0.2) is 5.78 Å². The summed E-state index contributed by atoms with van der Waals surface area (Å²) in [6.07, 6.45) is -3.71. The van der Waals surface area contributed by atoms with Crippen molar-refractivity contribution in [3.05, 3.63) is 39.8 Å². The van der Waals surface area contributed by atoms with Crippen molar-refractivity contribution in [2.24, 2.45) is 0 Å². The van der Waals surface area contributed by atoms with Crippen LogP contribution in [0, 0.1) is 0 Å². The second-order valence-corrected chi connectivity index (χ2v) is 5.02. The quantitative estimate of drug-likeness (QED) is 0.884. The normalized spacial score (nSPS) is 11.2. The molecule has 2 aromatic rings. The van der Waals surface area contributed by atoms with Crippen LogP contribution < -0.4 is 5.32 Å². The molecule has 0 fully saturated rings. The summed E-state index contributed by atoms with van der Waals surface area (Å²) in [7, 11) is 0. The molecule has 0 saturated heterocycles. The highest BCUT2D eigenvalue weighted by Gasteiger charge is 2.32. The van der Waals surface area contributed by atoms with Crippen LogP contribution in [0.1, 0.15) is 32.0 Å². The fraction of sp³-hybridized carbons (Fsp3) is 0.167. The van der Waals surface area contributed by atoms with Crippen LogP contribution in [-0.4, -0.2) is 21.7 Å². The maximum Gasteiger partial charge on any atom is 0.433 e. The lowest BCUT2D eigenvalue weighted by Gasteiger charge is -2.07. The van der Waals surface area contributed by atoms with Gasteiger partial charge in [0.25, 0.3) is 5.91 Å². The predicted molar refractivity (Wildman–Crippen MR) is 69.3 cm³/mol. The molecule has 0 aliphatic heterocycles. The van der Waals surface area contributed by atoms with Gasteiger partial charge < -0.3 is 0 Å². The van der Waals surface area contributed by atoms with Gasteiger partial charge in [0, 0.05) is 6.20 Å². The van der Waals surface area contributed by atoms with Crippen molar-refractivity contribution in [2.75, 3.05) is 5.32 Å². The monoisotopic (exact) mass is 315 g/mol. The minimum absolute atomic E-state index is 0.182. The maximum atomic E-state index is 12.5. The first-order valence-corrected chi connectivity index (χ1v) is 6.41. The summed E-state index contributed by atoms with van der Waals surface area (Å²) in [5.74, 6) is -1.33. The SMILES string of the molecule is CC(=O)c1ccc(C(=O)Nc2nccc(C(F)(F)F)n2)s1. The van der Waals surface area contributed by atoms with Crippen molar-refractivity contribution in [1.82, 2.24) is 9.97 Å². The Morgan fingerprint density at radius 2 is 1.86 bits per heavy atom. The molecule has 0 atom stereocenters. The van der Waals surface area contributed by atoms with Crippen molar-refractivity contribution in [1.29, 1.82) is 0 Å². The molecule has 1 amide bonds. The first-order chi connectivity index (χ1) is 9.77. The smallest absolute Gasteiger partial charge is 0.294 e. The molecule has 21 heavy (non-hydrogen) atoms. The Bertz CT molecular complexity index is 697. The molecule has 0 unspecified atom stereocenters. The van der Waals surface area contributed by atoms with Crippen LogP contribution in [0.2, 0.25) is 0 Å². The van der Waals surface area contributed by atoms with Gasteiger partial charge in [0.2, 0.25) is 5.95 Å². The van der Waals surface area contributed by atoms with Crippen molar-refractivity contribution in [2.45, 2.75) is 13.1 Å². The summed E-state index contributed by atoms with van der Waals surface area (Å²) in [4.78, 5) is 30.3. The Hall–Kier alpha value is -2.29. The van der Waals surface area contributed by atoms with Crippen molar-refractivity contribution >= 4 is 29.0 Å². The standard InChI is InChI=1S/C12H8F3N3O2S/c1-6(19)7-2-3-8(21-7)10(20)18-11-16-5-4-9(17-11)12(13,14)15/h2-5H,1H3,(H,16,17,18,20). The average Bonchev–Trinajstić information content (AvgIpc) is 2.88. The van der Waals surface area contributed by atoms with E-state index >= 15 is 0 Å².